The summed E-state index contributed by atoms with van der Waals surface area (Å²) in [5.74, 6) is -0.923. The maximum atomic E-state index is 12.7. The lowest BCUT2D eigenvalue weighted by atomic mass is 10.1. The molecule has 0 bridgehead atoms. The third-order valence-corrected chi connectivity index (χ3v) is 4.92. The molecule has 7 heteroatoms. The highest BCUT2D eigenvalue weighted by Crippen LogP contribution is 2.40. The monoisotopic (exact) mass is 403 g/mol. The van der Waals surface area contributed by atoms with Crippen molar-refractivity contribution in [1.29, 1.82) is 0 Å². The van der Waals surface area contributed by atoms with Crippen LogP contribution >= 0.6 is 0 Å². The van der Waals surface area contributed by atoms with E-state index >= 15 is 0 Å². The van der Waals surface area contributed by atoms with E-state index in [9.17, 15) is 14.4 Å². The summed E-state index contributed by atoms with van der Waals surface area (Å²) < 4.78 is 5.27. The Hall–Kier alpha value is -3.74. The van der Waals surface area contributed by atoms with Crippen molar-refractivity contribution in [3.8, 4) is 0 Å². The van der Waals surface area contributed by atoms with Gasteiger partial charge < -0.3 is 15.4 Å². The zero-order valence-electron chi connectivity index (χ0n) is 16.5. The highest BCUT2D eigenvalue weighted by molar-refractivity contribution is 6.04. The fraction of sp³-hybridized carbons (Fsp3) is 0.217. The maximum Gasteiger partial charge on any atom is 0.339 e. The number of amides is 2. The standard InChI is InChI=1S/C23H21N3O4/c1-24-22(28)15-5-4-6-16(11-15)25-21(27)13-30-23(29)18-12-20(14-9-10-14)26-19-8-3-2-7-17(18)19/h2-8,11-12,14H,9-10,13H2,1H3,(H,24,28)(H,25,27). The first-order chi connectivity index (χ1) is 14.5. The second-order valence-electron chi connectivity index (χ2n) is 7.17. The van der Waals surface area contributed by atoms with Gasteiger partial charge in [0.05, 0.1) is 11.1 Å². The van der Waals surface area contributed by atoms with Gasteiger partial charge in [0.2, 0.25) is 0 Å². The van der Waals surface area contributed by atoms with Gasteiger partial charge in [-0.15, -0.1) is 0 Å². The number of hydrogen-bond donors (Lipinski definition) is 2. The topological polar surface area (TPSA) is 97.4 Å². The molecule has 0 radical (unpaired) electrons. The number of rotatable bonds is 6. The summed E-state index contributed by atoms with van der Waals surface area (Å²) in [6, 6.07) is 15.7. The Kier molecular flexibility index (Phi) is 5.43. The Morgan fingerprint density at radius 1 is 1.07 bits per heavy atom. The van der Waals surface area contributed by atoms with Crippen LogP contribution < -0.4 is 10.6 Å². The van der Waals surface area contributed by atoms with Crippen LogP contribution in [0.5, 0.6) is 0 Å². The van der Waals surface area contributed by atoms with Gasteiger partial charge in [-0.1, -0.05) is 24.3 Å². The minimum absolute atomic E-state index is 0.256. The number of ether oxygens (including phenoxy) is 1. The fourth-order valence-corrected chi connectivity index (χ4v) is 3.24. The number of nitrogens with one attached hydrogen (secondary N) is 2. The zero-order valence-corrected chi connectivity index (χ0v) is 16.5. The van der Waals surface area contributed by atoms with Crippen LogP contribution in [-0.2, 0) is 9.53 Å². The van der Waals surface area contributed by atoms with E-state index in [1.54, 1.807) is 30.3 Å². The molecule has 0 saturated heterocycles. The normalized spacial score (nSPS) is 13.0. The number of nitrogens with zero attached hydrogens (tertiary/aromatic N) is 1. The first-order valence-electron chi connectivity index (χ1n) is 9.74. The second kappa shape index (κ2) is 8.32. The van der Waals surface area contributed by atoms with Gasteiger partial charge in [0.1, 0.15) is 0 Å². The minimum Gasteiger partial charge on any atom is -0.452 e. The molecule has 1 fully saturated rings. The first-order valence-corrected chi connectivity index (χ1v) is 9.74. The van der Waals surface area contributed by atoms with Gasteiger partial charge in [-0.25, -0.2) is 4.79 Å². The smallest absolute Gasteiger partial charge is 0.339 e. The van der Waals surface area contributed by atoms with E-state index in [4.69, 9.17) is 4.74 Å². The van der Waals surface area contributed by atoms with Crippen molar-refractivity contribution >= 4 is 34.4 Å². The minimum atomic E-state index is -0.565. The second-order valence-corrected chi connectivity index (χ2v) is 7.17. The molecule has 4 rings (SSSR count). The quantitative estimate of drug-likeness (QED) is 0.616. The van der Waals surface area contributed by atoms with Gasteiger partial charge in [0.25, 0.3) is 11.8 Å². The Labute approximate surface area is 173 Å². The van der Waals surface area contributed by atoms with Gasteiger partial charge in [0, 0.05) is 35.3 Å². The molecule has 2 amide bonds. The molecule has 3 aromatic rings. The SMILES string of the molecule is CNC(=O)c1cccc(NC(=O)COC(=O)c2cc(C3CC3)nc3ccccc23)c1. The largest absolute Gasteiger partial charge is 0.452 e. The molecule has 7 nitrogen and oxygen atoms in total. The van der Waals surface area contributed by atoms with Gasteiger partial charge in [-0.05, 0) is 43.2 Å². The van der Waals surface area contributed by atoms with E-state index in [1.807, 2.05) is 24.3 Å². The Balaban J connectivity index is 1.45. The van der Waals surface area contributed by atoms with E-state index in [0.29, 0.717) is 28.1 Å². The van der Waals surface area contributed by atoms with E-state index in [-0.39, 0.29) is 5.91 Å². The predicted molar refractivity (Wildman–Crippen MR) is 112 cm³/mol. The lowest BCUT2D eigenvalue weighted by Crippen LogP contribution is -2.22. The van der Waals surface area contributed by atoms with Crippen LogP contribution in [0.15, 0.2) is 54.6 Å². The van der Waals surface area contributed by atoms with Crippen LogP contribution in [0.3, 0.4) is 0 Å². The molecule has 0 aliphatic heterocycles. The van der Waals surface area contributed by atoms with Crippen LogP contribution in [0.4, 0.5) is 5.69 Å². The summed E-state index contributed by atoms with van der Waals surface area (Å²) in [6.07, 6.45) is 2.13. The maximum absolute atomic E-state index is 12.7. The number of benzene rings is 2. The molecule has 1 aromatic heterocycles. The van der Waals surface area contributed by atoms with Crippen molar-refractivity contribution in [2.75, 3.05) is 19.0 Å². The number of fused-ring (bicyclic) bond motifs is 1. The molecule has 0 atom stereocenters. The number of esters is 1. The molecule has 0 spiro atoms. The summed E-state index contributed by atoms with van der Waals surface area (Å²) in [7, 11) is 1.53. The van der Waals surface area contributed by atoms with Crippen LogP contribution in [-0.4, -0.2) is 36.4 Å². The Morgan fingerprint density at radius 3 is 2.63 bits per heavy atom. The van der Waals surface area contributed by atoms with Gasteiger partial charge in [0.15, 0.2) is 6.61 Å². The van der Waals surface area contributed by atoms with E-state index in [2.05, 4.69) is 15.6 Å². The molecule has 1 heterocycles. The number of anilines is 1. The summed E-state index contributed by atoms with van der Waals surface area (Å²) in [5, 5.41) is 5.86. The lowest BCUT2D eigenvalue weighted by Gasteiger charge is -2.10. The van der Waals surface area contributed by atoms with Gasteiger partial charge in [-0.2, -0.15) is 0 Å². The number of carbonyl (C=O) groups excluding carboxylic acids is 3. The highest BCUT2D eigenvalue weighted by atomic mass is 16.5. The number of hydrogen-bond acceptors (Lipinski definition) is 5. The molecule has 1 aliphatic carbocycles. The molecule has 1 saturated carbocycles. The molecule has 0 unspecified atom stereocenters. The third kappa shape index (κ3) is 4.30. The predicted octanol–water partition coefficient (Wildman–Crippen LogP) is 3.27. The average molecular weight is 403 g/mol. The van der Waals surface area contributed by atoms with Crippen LogP contribution in [0, 0.1) is 0 Å². The van der Waals surface area contributed by atoms with Crippen molar-refractivity contribution in [3.05, 3.63) is 71.4 Å². The van der Waals surface area contributed by atoms with E-state index in [1.165, 1.54) is 7.05 Å². The summed E-state index contributed by atoms with van der Waals surface area (Å²) in [4.78, 5) is 41.3. The molecule has 2 N–H and O–H groups in total. The summed E-state index contributed by atoms with van der Waals surface area (Å²) in [6.45, 7) is -0.432. The molecule has 2 aromatic carbocycles. The molecular formula is C23H21N3O4. The summed E-state index contributed by atoms with van der Waals surface area (Å²) >= 11 is 0. The third-order valence-electron chi connectivity index (χ3n) is 4.92. The molecule has 152 valence electrons. The lowest BCUT2D eigenvalue weighted by molar-refractivity contribution is -0.119. The highest BCUT2D eigenvalue weighted by Gasteiger charge is 2.27. The van der Waals surface area contributed by atoms with Crippen molar-refractivity contribution in [2.24, 2.45) is 0 Å². The zero-order chi connectivity index (χ0) is 21.1. The molecule has 1 aliphatic rings. The molecular weight excluding hydrogens is 382 g/mol. The van der Waals surface area contributed by atoms with E-state index < -0.39 is 18.5 Å². The first kappa shape index (κ1) is 19.6. The van der Waals surface area contributed by atoms with Crippen LogP contribution in [0.25, 0.3) is 10.9 Å². The fourth-order valence-electron chi connectivity index (χ4n) is 3.24. The summed E-state index contributed by atoms with van der Waals surface area (Å²) in [5.41, 5.74) is 2.91. The van der Waals surface area contributed by atoms with Crippen molar-refractivity contribution in [2.45, 2.75) is 18.8 Å². The number of carbonyl (C=O) groups is 3. The van der Waals surface area contributed by atoms with Crippen molar-refractivity contribution in [1.82, 2.24) is 10.3 Å². The van der Waals surface area contributed by atoms with Gasteiger partial charge in [-0.3, -0.25) is 14.6 Å². The number of pyridine rings is 1. The van der Waals surface area contributed by atoms with Crippen LogP contribution in [0.1, 0.15) is 45.2 Å². The number of para-hydroxylation sites is 1. The average Bonchev–Trinajstić information content (AvgIpc) is 3.62. The Bertz CT molecular complexity index is 1140. The van der Waals surface area contributed by atoms with Gasteiger partial charge >= 0.3 is 5.97 Å². The van der Waals surface area contributed by atoms with Crippen LogP contribution in [0.2, 0.25) is 0 Å². The van der Waals surface area contributed by atoms with Crippen molar-refractivity contribution < 1.29 is 19.1 Å². The van der Waals surface area contributed by atoms with E-state index in [0.717, 1.165) is 24.1 Å². The Morgan fingerprint density at radius 2 is 1.87 bits per heavy atom. The molecule has 30 heavy (non-hydrogen) atoms. The number of aromatic nitrogens is 1. The van der Waals surface area contributed by atoms with Crippen molar-refractivity contribution in [3.63, 3.8) is 0 Å².